The van der Waals surface area contributed by atoms with Gasteiger partial charge in [0, 0.05) is 6.04 Å². The second-order valence-electron chi connectivity index (χ2n) is 8.63. The molecule has 1 aromatic heterocycles. The van der Waals surface area contributed by atoms with E-state index in [0.29, 0.717) is 22.3 Å². The molecule has 31 heavy (non-hydrogen) atoms. The van der Waals surface area contributed by atoms with E-state index in [9.17, 15) is 9.59 Å². The quantitative estimate of drug-likeness (QED) is 0.698. The van der Waals surface area contributed by atoms with Crippen molar-refractivity contribution in [1.29, 1.82) is 5.26 Å². The van der Waals surface area contributed by atoms with Crippen molar-refractivity contribution >= 4 is 22.8 Å². The monoisotopic (exact) mass is 428 g/mol. The molecular weight excluding hydrogens is 400 g/mol. The van der Waals surface area contributed by atoms with Gasteiger partial charge in [0.05, 0.1) is 30.2 Å². The van der Waals surface area contributed by atoms with Crippen LogP contribution in [0.4, 0.5) is 0 Å². The van der Waals surface area contributed by atoms with Crippen LogP contribution < -0.4 is 10.1 Å². The molecule has 1 aromatic carbocycles. The first-order valence-electron chi connectivity index (χ1n) is 10.3. The van der Waals surface area contributed by atoms with E-state index in [1.54, 1.807) is 18.2 Å². The fraction of sp³-hybridized carbons (Fsp3) is 0.522. The molecule has 3 rings (SSSR count). The highest BCUT2D eigenvalue weighted by atomic mass is 16.6. The Kier molecular flexibility index (Phi) is 6.86. The first-order chi connectivity index (χ1) is 14.7. The Morgan fingerprint density at radius 1 is 1.23 bits per heavy atom. The van der Waals surface area contributed by atoms with Crippen LogP contribution in [0.1, 0.15) is 62.6 Å². The van der Waals surface area contributed by atoms with Crippen LogP contribution in [0, 0.1) is 11.3 Å². The van der Waals surface area contributed by atoms with Gasteiger partial charge in [-0.2, -0.15) is 5.26 Å². The number of nitrogens with zero attached hydrogens (tertiary/aromatic N) is 1. The van der Waals surface area contributed by atoms with E-state index in [1.165, 1.54) is 7.11 Å². The van der Waals surface area contributed by atoms with Crippen LogP contribution in [0.5, 0.6) is 5.75 Å². The number of nitriles is 1. The predicted octanol–water partition coefficient (Wildman–Crippen LogP) is 3.71. The molecule has 1 aliphatic carbocycles. The minimum absolute atomic E-state index is 0.0264. The Morgan fingerprint density at radius 2 is 1.94 bits per heavy atom. The van der Waals surface area contributed by atoms with Gasteiger partial charge in [0.1, 0.15) is 17.8 Å². The summed E-state index contributed by atoms with van der Waals surface area (Å²) < 4.78 is 22.0. The molecular formula is C23H28N2O6. The van der Waals surface area contributed by atoms with Crippen molar-refractivity contribution in [2.45, 2.75) is 64.2 Å². The van der Waals surface area contributed by atoms with Crippen molar-refractivity contribution in [3.05, 3.63) is 29.5 Å². The third-order valence-electron chi connectivity index (χ3n) is 5.05. The molecule has 0 radical (unpaired) electrons. The number of benzene rings is 1. The first kappa shape index (κ1) is 22.6. The topological polar surface area (TPSA) is 111 Å². The molecule has 1 aliphatic rings. The number of methoxy groups -OCH3 is 1. The molecule has 1 heterocycles. The van der Waals surface area contributed by atoms with Crippen LogP contribution >= 0.6 is 0 Å². The first-order valence-corrected chi connectivity index (χ1v) is 10.3. The number of carbonyl (C=O) groups excluding carboxylic acids is 2. The summed E-state index contributed by atoms with van der Waals surface area (Å²) in [6.07, 6.45) is 2.89. The van der Waals surface area contributed by atoms with Gasteiger partial charge in [-0.25, -0.2) is 4.79 Å². The van der Waals surface area contributed by atoms with Gasteiger partial charge < -0.3 is 23.9 Å². The summed E-state index contributed by atoms with van der Waals surface area (Å²) in [6.45, 7) is 5.38. The summed E-state index contributed by atoms with van der Waals surface area (Å²) in [5.74, 6) is -0.320. The van der Waals surface area contributed by atoms with Crippen LogP contribution in [-0.2, 0) is 14.3 Å². The van der Waals surface area contributed by atoms with Crippen molar-refractivity contribution < 1.29 is 28.2 Å². The Hall–Kier alpha value is -3.05. The molecule has 1 amide bonds. The van der Waals surface area contributed by atoms with E-state index < -0.39 is 5.60 Å². The maximum atomic E-state index is 12.8. The van der Waals surface area contributed by atoms with Crippen molar-refractivity contribution in [3.63, 3.8) is 0 Å². The Morgan fingerprint density at radius 3 is 2.55 bits per heavy atom. The van der Waals surface area contributed by atoms with E-state index >= 15 is 0 Å². The molecule has 1 fully saturated rings. The molecule has 1 saturated carbocycles. The maximum absolute atomic E-state index is 12.8. The van der Waals surface area contributed by atoms with E-state index in [1.807, 2.05) is 20.8 Å². The third kappa shape index (κ3) is 5.76. The summed E-state index contributed by atoms with van der Waals surface area (Å²) in [4.78, 5) is 24.6. The molecule has 0 aliphatic heterocycles. The number of rotatable bonds is 6. The van der Waals surface area contributed by atoms with Gasteiger partial charge in [-0.15, -0.1) is 0 Å². The van der Waals surface area contributed by atoms with Gasteiger partial charge in [0.2, 0.25) is 5.76 Å². The molecule has 0 bridgehead atoms. The maximum Gasteiger partial charge on any atom is 0.332 e. The van der Waals surface area contributed by atoms with Crippen molar-refractivity contribution in [2.75, 3.05) is 13.7 Å². The SMILES string of the molecule is COc1c(C(=O)N[C@H]2CC[C@H](OCC(=O)OC(C)(C)C)CC2)oc2ccc(C#N)cc12. The van der Waals surface area contributed by atoms with Crippen LogP contribution in [0.3, 0.4) is 0 Å². The standard InChI is InChI=1S/C23H28N2O6/c1-23(2,3)31-19(26)13-29-16-8-6-15(7-9-16)25-22(27)21-20(28-4)17-11-14(12-24)5-10-18(17)30-21/h5,10-11,15-16H,6-9,13H2,1-4H3,(H,25,27)/t15-,16-. The van der Waals surface area contributed by atoms with Crippen LogP contribution in [-0.4, -0.2) is 43.3 Å². The lowest BCUT2D eigenvalue weighted by Crippen LogP contribution is -2.39. The van der Waals surface area contributed by atoms with Gasteiger partial charge in [-0.1, -0.05) is 0 Å². The van der Waals surface area contributed by atoms with Gasteiger partial charge in [0.15, 0.2) is 5.75 Å². The Bertz CT molecular complexity index is 990. The molecule has 0 saturated heterocycles. The summed E-state index contributed by atoms with van der Waals surface area (Å²) in [5, 5.41) is 12.7. The molecule has 2 aromatic rings. The highest BCUT2D eigenvalue weighted by Crippen LogP contribution is 2.34. The summed E-state index contributed by atoms with van der Waals surface area (Å²) >= 11 is 0. The number of esters is 1. The van der Waals surface area contributed by atoms with E-state index in [4.69, 9.17) is 23.9 Å². The minimum atomic E-state index is -0.531. The summed E-state index contributed by atoms with van der Waals surface area (Å²) in [7, 11) is 1.47. The van der Waals surface area contributed by atoms with E-state index in [2.05, 4.69) is 11.4 Å². The minimum Gasteiger partial charge on any atom is -0.492 e. The molecule has 0 unspecified atom stereocenters. The number of carbonyl (C=O) groups is 2. The largest absolute Gasteiger partial charge is 0.492 e. The zero-order valence-electron chi connectivity index (χ0n) is 18.3. The zero-order valence-corrected chi connectivity index (χ0v) is 18.3. The van der Waals surface area contributed by atoms with Gasteiger partial charge in [-0.05, 0) is 64.7 Å². The highest BCUT2D eigenvalue weighted by Gasteiger charge is 2.28. The average Bonchev–Trinajstić information content (AvgIpc) is 3.09. The van der Waals surface area contributed by atoms with Crippen molar-refractivity contribution in [1.82, 2.24) is 5.32 Å². The number of nitrogens with one attached hydrogen (secondary N) is 1. The van der Waals surface area contributed by atoms with Crippen molar-refractivity contribution in [2.24, 2.45) is 0 Å². The number of hydrogen-bond acceptors (Lipinski definition) is 7. The number of hydrogen-bond donors (Lipinski definition) is 1. The lowest BCUT2D eigenvalue weighted by Gasteiger charge is -2.29. The lowest BCUT2D eigenvalue weighted by molar-refractivity contribution is -0.162. The molecule has 8 nitrogen and oxygen atoms in total. The molecule has 0 spiro atoms. The second kappa shape index (κ2) is 9.40. The second-order valence-corrected chi connectivity index (χ2v) is 8.63. The fourth-order valence-electron chi connectivity index (χ4n) is 3.68. The number of ether oxygens (including phenoxy) is 3. The summed E-state index contributed by atoms with van der Waals surface area (Å²) in [6, 6.07) is 6.97. The number of fused-ring (bicyclic) bond motifs is 1. The van der Waals surface area contributed by atoms with Crippen molar-refractivity contribution in [3.8, 4) is 11.8 Å². The van der Waals surface area contributed by atoms with E-state index in [0.717, 1.165) is 25.7 Å². The highest BCUT2D eigenvalue weighted by molar-refractivity contribution is 6.01. The van der Waals surface area contributed by atoms with Crippen LogP contribution in [0.2, 0.25) is 0 Å². The Balaban J connectivity index is 1.55. The fourth-order valence-corrected chi connectivity index (χ4v) is 3.68. The smallest absolute Gasteiger partial charge is 0.332 e. The van der Waals surface area contributed by atoms with Gasteiger partial charge >= 0.3 is 5.97 Å². The number of amides is 1. The van der Waals surface area contributed by atoms with Gasteiger partial charge in [0.25, 0.3) is 5.91 Å². The van der Waals surface area contributed by atoms with Gasteiger partial charge in [-0.3, -0.25) is 4.79 Å². The number of furan rings is 1. The molecule has 166 valence electrons. The average molecular weight is 428 g/mol. The normalized spacial score (nSPS) is 18.9. The third-order valence-corrected chi connectivity index (χ3v) is 5.05. The zero-order chi connectivity index (χ0) is 22.6. The molecule has 1 N–H and O–H groups in total. The van der Waals surface area contributed by atoms with Crippen LogP contribution in [0.25, 0.3) is 11.0 Å². The van der Waals surface area contributed by atoms with Crippen LogP contribution in [0.15, 0.2) is 22.6 Å². The molecule has 0 atom stereocenters. The summed E-state index contributed by atoms with van der Waals surface area (Å²) in [5.41, 5.74) is 0.416. The predicted molar refractivity (Wildman–Crippen MR) is 113 cm³/mol. The lowest BCUT2D eigenvalue weighted by atomic mass is 9.93. The van der Waals surface area contributed by atoms with E-state index in [-0.39, 0.29) is 36.4 Å². The Labute approximate surface area is 181 Å². The molecule has 8 heteroatoms.